The number of benzene rings is 1. The lowest BCUT2D eigenvalue weighted by molar-refractivity contribution is 0.506. The van der Waals surface area contributed by atoms with Crippen LogP contribution in [-0.2, 0) is 5.41 Å². The Labute approximate surface area is 88.5 Å². The molecule has 1 aromatic rings. The molecule has 2 unspecified atom stereocenters. The van der Waals surface area contributed by atoms with Crippen molar-refractivity contribution in [3.05, 3.63) is 35.4 Å². The van der Waals surface area contributed by atoms with Gasteiger partial charge in [-0.15, -0.1) is 0 Å². The summed E-state index contributed by atoms with van der Waals surface area (Å²) in [7, 11) is 1.86. The lowest BCUT2D eigenvalue weighted by atomic mass is 9.94. The Balaban J connectivity index is 2.31. The monoisotopic (exact) mass is 211 g/mol. The third kappa shape index (κ3) is 1.65. The Hall–Kier alpha value is -0.960. The first-order valence-electron chi connectivity index (χ1n) is 5.18. The molecule has 0 aromatic heterocycles. The summed E-state index contributed by atoms with van der Waals surface area (Å²) < 4.78 is 27.1. The molecule has 1 saturated carbocycles. The van der Waals surface area contributed by atoms with E-state index < -0.39 is 11.6 Å². The van der Waals surface area contributed by atoms with Gasteiger partial charge in [-0.05, 0) is 38.1 Å². The Morgan fingerprint density at radius 1 is 1.40 bits per heavy atom. The molecule has 2 atom stereocenters. The molecule has 0 saturated heterocycles. The van der Waals surface area contributed by atoms with Crippen molar-refractivity contribution < 1.29 is 8.78 Å². The van der Waals surface area contributed by atoms with Gasteiger partial charge in [0, 0.05) is 11.0 Å². The number of rotatable bonds is 3. The summed E-state index contributed by atoms with van der Waals surface area (Å²) in [4.78, 5) is 0. The Morgan fingerprint density at radius 3 is 2.53 bits per heavy atom. The van der Waals surface area contributed by atoms with E-state index in [1.54, 1.807) is 0 Å². The molecule has 2 rings (SSSR count). The van der Waals surface area contributed by atoms with Crippen LogP contribution in [0.15, 0.2) is 18.2 Å². The summed E-state index contributed by atoms with van der Waals surface area (Å²) in [6.45, 7) is 2.74. The van der Waals surface area contributed by atoms with Crippen molar-refractivity contribution in [1.29, 1.82) is 0 Å². The van der Waals surface area contributed by atoms with Gasteiger partial charge < -0.3 is 5.32 Å². The first-order chi connectivity index (χ1) is 7.09. The highest BCUT2D eigenvalue weighted by molar-refractivity contribution is 5.35. The average molecular weight is 211 g/mol. The van der Waals surface area contributed by atoms with Crippen molar-refractivity contribution in [2.75, 3.05) is 13.6 Å². The number of hydrogen-bond acceptors (Lipinski definition) is 1. The molecule has 15 heavy (non-hydrogen) atoms. The maximum atomic E-state index is 13.5. The van der Waals surface area contributed by atoms with E-state index in [1.165, 1.54) is 18.2 Å². The van der Waals surface area contributed by atoms with Crippen LogP contribution >= 0.6 is 0 Å². The second-order valence-corrected chi connectivity index (χ2v) is 4.47. The van der Waals surface area contributed by atoms with Crippen molar-refractivity contribution >= 4 is 0 Å². The van der Waals surface area contributed by atoms with Crippen molar-refractivity contribution in [2.24, 2.45) is 5.92 Å². The summed E-state index contributed by atoms with van der Waals surface area (Å²) in [5.41, 5.74) is -0.0661. The van der Waals surface area contributed by atoms with Crippen molar-refractivity contribution in [2.45, 2.75) is 18.8 Å². The molecule has 1 aromatic carbocycles. The normalized spacial score (nSPS) is 29.2. The van der Waals surface area contributed by atoms with Crippen LogP contribution in [0.5, 0.6) is 0 Å². The molecule has 1 aliphatic carbocycles. The minimum atomic E-state index is -0.420. The van der Waals surface area contributed by atoms with E-state index in [4.69, 9.17) is 0 Å². The highest BCUT2D eigenvalue weighted by atomic mass is 19.1. The predicted molar refractivity (Wildman–Crippen MR) is 55.7 cm³/mol. The van der Waals surface area contributed by atoms with Gasteiger partial charge in [-0.3, -0.25) is 0 Å². The van der Waals surface area contributed by atoms with Gasteiger partial charge in [-0.2, -0.15) is 0 Å². The zero-order chi connectivity index (χ0) is 11.1. The van der Waals surface area contributed by atoms with E-state index in [2.05, 4.69) is 5.32 Å². The van der Waals surface area contributed by atoms with Gasteiger partial charge in [0.15, 0.2) is 0 Å². The fourth-order valence-electron chi connectivity index (χ4n) is 2.35. The zero-order valence-corrected chi connectivity index (χ0v) is 8.98. The van der Waals surface area contributed by atoms with Crippen molar-refractivity contribution in [3.8, 4) is 0 Å². The van der Waals surface area contributed by atoms with Gasteiger partial charge in [-0.25, -0.2) is 8.78 Å². The van der Waals surface area contributed by atoms with Crippen LogP contribution in [0.4, 0.5) is 8.78 Å². The summed E-state index contributed by atoms with van der Waals surface area (Å²) in [5.74, 6) is -0.499. The molecule has 0 bridgehead atoms. The maximum absolute atomic E-state index is 13.5. The second kappa shape index (κ2) is 3.56. The summed E-state index contributed by atoms with van der Waals surface area (Å²) in [5, 5.41) is 3.05. The molecule has 3 heteroatoms. The first-order valence-corrected chi connectivity index (χ1v) is 5.18. The molecule has 0 aliphatic heterocycles. The lowest BCUT2D eigenvalue weighted by Crippen LogP contribution is -2.17. The molecule has 82 valence electrons. The third-order valence-corrected chi connectivity index (χ3v) is 3.40. The van der Waals surface area contributed by atoms with E-state index in [-0.39, 0.29) is 11.0 Å². The average Bonchev–Trinajstić information content (AvgIpc) is 2.77. The van der Waals surface area contributed by atoms with Crippen LogP contribution in [0.2, 0.25) is 0 Å². The minimum absolute atomic E-state index is 0.255. The van der Waals surface area contributed by atoms with Crippen LogP contribution in [0.1, 0.15) is 18.9 Å². The summed E-state index contributed by atoms with van der Waals surface area (Å²) >= 11 is 0. The van der Waals surface area contributed by atoms with Crippen molar-refractivity contribution in [1.82, 2.24) is 5.32 Å². The fraction of sp³-hybridized carbons (Fsp3) is 0.500. The van der Waals surface area contributed by atoms with E-state index >= 15 is 0 Å². The Kier molecular flexibility index (Phi) is 2.51. The van der Waals surface area contributed by atoms with Crippen LogP contribution < -0.4 is 5.32 Å². The van der Waals surface area contributed by atoms with Gasteiger partial charge >= 0.3 is 0 Å². The van der Waals surface area contributed by atoms with Crippen LogP contribution in [0, 0.1) is 17.6 Å². The molecule has 0 amide bonds. The zero-order valence-electron chi connectivity index (χ0n) is 8.98. The second-order valence-electron chi connectivity index (χ2n) is 4.47. The fourth-order valence-corrected chi connectivity index (χ4v) is 2.35. The van der Waals surface area contributed by atoms with Gasteiger partial charge in [-0.1, -0.05) is 13.0 Å². The lowest BCUT2D eigenvalue weighted by Gasteiger charge is -2.13. The molecule has 1 fully saturated rings. The van der Waals surface area contributed by atoms with Crippen molar-refractivity contribution in [3.63, 3.8) is 0 Å². The van der Waals surface area contributed by atoms with Gasteiger partial charge in [0.1, 0.15) is 11.6 Å². The first kappa shape index (κ1) is 10.6. The van der Waals surface area contributed by atoms with Crippen LogP contribution in [-0.4, -0.2) is 13.6 Å². The minimum Gasteiger partial charge on any atom is -0.319 e. The SMILES string of the molecule is CNCC1CC1(C)c1c(F)cccc1F. The molecule has 1 nitrogen and oxygen atoms in total. The molecular formula is C12H15F2N. The Morgan fingerprint density at radius 2 is 2.00 bits per heavy atom. The molecular weight excluding hydrogens is 196 g/mol. The standard InChI is InChI=1S/C12H15F2N/c1-12(6-8(12)7-15-2)11-9(13)4-3-5-10(11)14/h3-5,8,15H,6-7H2,1-2H3. The Bertz CT molecular complexity index is 358. The van der Waals surface area contributed by atoms with E-state index in [0.29, 0.717) is 5.92 Å². The summed E-state index contributed by atoms with van der Waals surface area (Å²) in [6.07, 6.45) is 0.853. The topological polar surface area (TPSA) is 12.0 Å². The van der Waals surface area contributed by atoms with Gasteiger partial charge in [0.2, 0.25) is 0 Å². The van der Waals surface area contributed by atoms with Gasteiger partial charge in [0.05, 0.1) is 0 Å². The highest BCUT2D eigenvalue weighted by Crippen LogP contribution is 2.54. The molecule has 0 heterocycles. The van der Waals surface area contributed by atoms with Crippen LogP contribution in [0.25, 0.3) is 0 Å². The van der Waals surface area contributed by atoms with Crippen LogP contribution in [0.3, 0.4) is 0 Å². The quantitative estimate of drug-likeness (QED) is 0.809. The van der Waals surface area contributed by atoms with E-state index in [0.717, 1.165) is 13.0 Å². The summed E-state index contributed by atoms with van der Waals surface area (Å²) in [6, 6.07) is 4.07. The number of hydrogen-bond donors (Lipinski definition) is 1. The molecule has 0 spiro atoms. The maximum Gasteiger partial charge on any atom is 0.129 e. The largest absolute Gasteiger partial charge is 0.319 e. The third-order valence-electron chi connectivity index (χ3n) is 3.40. The number of halogens is 2. The highest BCUT2D eigenvalue weighted by Gasteiger charge is 2.53. The number of nitrogens with one attached hydrogen (secondary N) is 1. The predicted octanol–water partition coefficient (Wildman–Crippen LogP) is 2.46. The van der Waals surface area contributed by atoms with E-state index in [9.17, 15) is 8.78 Å². The van der Waals surface area contributed by atoms with E-state index in [1.807, 2.05) is 14.0 Å². The van der Waals surface area contributed by atoms with Gasteiger partial charge in [0.25, 0.3) is 0 Å². The molecule has 1 aliphatic rings. The molecule has 1 N–H and O–H groups in total. The smallest absolute Gasteiger partial charge is 0.129 e. The molecule has 0 radical (unpaired) electrons.